The third-order valence-corrected chi connectivity index (χ3v) is 7.03. The average Bonchev–Trinajstić information content (AvgIpc) is 3.34. The van der Waals surface area contributed by atoms with E-state index < -0.39 is 9.96 Å². The summed E-state index contributed by atoms with van der Waals surface area (Å²) in [7, 11) is 0. The molecule has 1 saturated heterocycles. The smallest absolute Gasteiger partial charge is 0.228 e. The molecule has 36 heavy (non-hydrogen) atoms. The molecule has 3 N–H and O–H groups in total. The number of aryl methyl sites for hydroxylation is 1. The molecule has 192 valence electrons. The molecule has 1 aromatic heterocycles. The standard InChI is InChI=1S/C25H27Cl3N4O3S/c26-25(27,28)23(30-21(34)10-7-17-5-8-19(9-6-17)35-16-15-33)32-14-2-13-31(24(32)36)20-4-1-3-18-11-12-29-22(18)20/h1,3-6,8-9,11-12,23,29,33H,2,7,10,13-16H2,(H,30,34). The minimum absolute atomic E-state index is 0.0495. The summed E-state index contributed by atoms with van der Waals surface area (Å²) in [6.45, 7) is 1.44. The summed E-state index contributed by atoms with van der Waals surface area (Å²) in [4.78, 5) is 20.0. The molecule has 1 aliphatic heterocycles. The minimum atomic E-state index is -1.80. The van der Waals surface area contributed by atoms with Crippen molar-refractivity contribution in [2.75, 3.05) is 31.2 Å². The highest BCUT2D eigenvalue weighted by Crippen LogP contribution is 2.35. The lowest BCUT2D eigenvalue weighted by Gasteiger charge is -2.44. The number of anilines is 1. The first-order chi connectivity index (χ1) is 17.3. The molecule has 1 fully saturated rings. The van der Waals surface area contributed by atoms with E-state index in [1.807, 2.05) is 47.5 Å². The van der Waals surface area contributed by atoms with Crippen molar-refractivity contribution in [2.24, 2.45) is 0 Å². The Morgan fingerprint density at radius 2 is 1.94 bits per heavy atom. The first-order valence-corrected chi connectivity index (χ1v) is 13.1. The summed E-state index contributed by atoms with van der Waals surface area (Å²) in [5.41, 5.74) is 2.88. The number of thiocarbonyl (C=S) groups is 1. The summed E-state index contributed by atoms with van der Waals surface area (Å²) < 4.78 is 3.57. The predicted octanol–water partition coefficient (Wildman–Crippen LogP) is 4.78. The first-order valence-electron chi connectivity index (χ1n) is 11.6. The van der Waals surface area contributed by atoms with E-state index in [2.05, 4.69) is 10.3 Å². The number of ether oxygens (including phenoxy) is 1. The molecule has 7 nitrogen and oxygen atoms in total. The zero-order valence-electron chi connectivity index (χ0n) is 19.4. The second kappa shape index (κ2) is 11.9. The number of alkyl halides is 3. The van der Waals surface area contributed by atoms with E-state index in [1.165, 1.54) is 0 Å². The maximum atomic E-state index is 12.9. The van der Waals surface area contributed by atoms with Gasteiger partial charge in [-0.25, -0.2) is 0 Å². The van der Waals surface area contributed by atoms with E-state index in [9.17, 15) is 4.79 Å². The number of amides is 1. The van der Waals surface area contributed by atoms with Gasteiger partial charge in [0.25, 0.3) is 0 Å². The maximum Gasteiger partial charge on any atom is 0.228 e. The molecule has 11 heteroatoms. The quantitative estimate of drug-likeness (QED) is 0.254. The number of hydrogen-bond acceptors (Lipinski definition) is 4. The van der Waals surface area contributed by atoms with E-state index in [0.29, 0.717) is 30.4 Å². The number of fused-ring (bicyclic) bond motifs is 1. The van der Waals surface area contributed by atoms with Gasteiger partial charge in [0, 0.05) is 31.1 Å². The second-order valence-electron chi connectivity index (χ2n) is 8.43. The third kappa shape index (κ3) is 6.36. The zero-order valence-corrected chi connectivity index (χ0v) is 22.5. The lowest BCUT2D eigenvalue weighted by molar-refractivity contribution is -0.122. The number of aliphatic hydroxyl groups excluding tert-OH is 1. The van der Waals surface area contributed by atoms with Gasteiger partial charge in [0.15, 0.2) is 11.3 Å². The van der Waals surface area contributed by atoms with Gasteiger partial charge in [-0.1, -0.05) is 59.1 Å². The molecule has 2 aromatic carbocycles. The van der Waals surface area contributed by atoms with Crippen molar-refractivity contribution in [3.05, 3.63) is 60.3 Å². The first kappa shape index (κ1) is 26.8. The van der Waals surface area contributed by atoms with Crippen LogP contribution in [0.15, 0.2) is 54.7 Å². The number of carbonyl (C=O) groups is 1. The Labute approximate surface area is 230 Å². The number of nitrogens with zero attached hydrogens (tertiary/aromatic N) is 2. The Kier molecular flexibility index (Phi) is 8.85. The SMILES string of the molecule is O=C(CCc1ccc(OCCO)cc1)NC(N1CCCN(c2cccc3cc[nH]c23)C1=S)C(Cl)(Cl)Cl. The number of hydrogen-bond donors (Lipinski definition) is 3. The Morgan fingerprint density at radius 1 is 1.17 bits per heavy atom. The predicted molar refractivity (Wildman–Crippen MR) is 149 cm³/mol. The highest BCUT2D eigenvalue weighted by atomic mass is 35.6. The molecule has 0 spiro atoms. The van der Waals surface area contributed by atoms with E-state index in [4.69, 9.17) is 56.9 Å². The monoisotopic (exact) mass is 568 g/mol. The fraction of sp³-hybridized carbons (Fsp3) is 0.360. The molecular weight excluding hydrogens is 543 g/mol. The van der Waals surface area contributed by atoms with Crippen LogP contribution in [-0.4, -0.2) is 62.3 Å². The van der Waals surface area contributed by atoms with Gasteiger partial charge in [-0.2, -0.15) is 0 Å². The molecule has 0 aliphatic carbocycles. The second-order valence-corrected chi connectivity index (χ2v) is 11.2. The van der Waals surface area contributed by atoms with Crippen molar-refractivity contribution in [1.82, 2.24) is 15.2 Å². The number of H-pyrrole nitrogens is 1. The van der Waals surface area contributed by atoms with Gasteiger partial charge in [-0.3, -0.25) is 4.79 Å². The third-order valence-electron chi connectivity index (χ3n) is 5.96. The van der Waals surface area contributed by atoms with E-state index in [0.717, 1.165) is 28.6 Å². The molecule has 0 saturated carbocycles. The number of halogens is 3. The lowest BCUT2D eigenvalue weighted by atomic mass is 10.1. The Hall–Kier alpha value is -2.23. The summed E-state index contributed by atoms with van der Waals surface area (Å²) in [5, 5.41) is 13.3. The van der Waals surface area contributed by atoms with Gasteiger partial charge in [0.2, 0.25) is 9.70 Å². The maximum absolute atomic E-state index is 12.9. The minimum Gasteiger partial charge on any atom is -0.491 e. The molecule has 1 aliphatic rings. The number of aromatic nitrogens is 1. The fourth-order valence-corrected chi connectivity index (χ4v) is 5.14. The Balaban J connectivity index is 1.43. The van der Waals surface area contributed by atoms with Crippen LogP contribution in [0.5, 0.6) is 5.75 Å². The van der Waals surface area contributed by atoms with Gasteiger partial charge < -0.3 is 29.9 Å². The van der Waals surface area contributed by atoms with Gasteiger partial charge >= 0.3 is 0 Å². The van der Waals surface area contributed by atoms with Gasteiger partial charge in [-0.15, -0.1) is 0 Å². The number of nitrogens with one attached hydrogen (secondary N) is 2. The van der Waals surface area contributed by atoms with Crippen LogP contribution in [0.2, 0.25) is 0 Å². The topological polar surface area (TPSA) is 80.8 Å². The molecule has 1 amide bonds. The zero-order chi connectivity index (χ0) is 25.7. The average molecular weight is 570 g/mol. The van der Waals surface area contributed by atoms with Crippen molar-refractivity contribution in [3.63, 3.8) is 0 Å². The molecule has 1 unspecified atom stereocenters. The van der Waals surface area contributed by atoms with E-state index in [1.54, 1.807) is 17.0 Å². The van der Waals surface area contributed by atoms with Crippen molar-refractivity contribution in [3.8, 4) is 5.75 Å². The molecule has 1 atom stereocenters. The van der Waals surface area contributed by atoms with E-state index in [-0.39, 0.29) is 25.5 Å². The van der Waals surface area contributed by atoms with Gasteiger partial charge in [0.05, 0.1) is 17.8 Å². The van der Waals surface area contributed by atoms with Crippen LogP contribution in [0.25, 0.3) is 10.9 Å². The molecule has 2 heterocycles. The van der Waals surface area contributed by atoms with Crippen molar-refractivity contribution in [1.29, 1.82) is 0 Å². The van der Waals surface area contributed by atoms with Crippen molar-refractivity contribution in [2.45, 2.75) is 29.2 Å². The van der Waals surface area contributed by atoms with Crippen LogP contribution in [0.4, 0.5) is 5.69 Å². The molecule has 0 bridgehead atoms. The number of aromatic amines is 1. The number of benzene rings is 2. The summed E-state index contributed by atoms with van der Waals surface area (Å²) >= 11 is 24.9. The highest BCUT2D eigenvalue weighted by molar-refractivity contribution is 7.80. The van der Waals surface area contributed by atoms with Crippen LogP contribution in [0.3, 0.4) is 0 Å². The number of aliphatic hydroxyl groups is 1. The fourth-order valence-electron chi connectivity index (χ4n) is 4.24. The van der Waals surface area contributed by atoms with Crippen LogP contribution >= 0.6 is 47.0 Å². The number of carbonyl (C=O) groups excluding carboxylic acids is 1. The number of rotatable bonds is 9. The molecule has 0 radical (unpaired) electrons. The van der Waals surface area contributed by atoms with Crippen LogP contribution in [0.1, 0.15) is 18.4 Å². The normalized spacial score (nSPS) is 15.3. The summed E-state index contributed by atoms with van der Waals surface area (Å²) in [6.07, 6.45) is 2.44. The van der Waals surface area contributed by atoms with Crippen molar-refractivity contribution >= 4 is 74.6 Å². The molecule has 4 rings (SSSR count). The van der Waals surface area contributed by atoms with Crippen LogP contribution in [0, 0.1) is 0 Å². The van der Waals surface area contributed by atoms with Crippen LogP contribution in [-0.2, 0) is 11.2 Å². The molecular formula is C25H27Cl3N4O3S. The summed E-state index contributed by atoms with van der Waals surface area (Å²) in [5.74, 6) is 0.407. The Morgan fingerprint density at radius 3 is 2.67 bits per heavy atom. The van der Waals surface area contributed by atoms with E-state index >= 15 is 0 Å². The van der Waals surface area contributed by atoms with Crippen molar-refractivity contribution < 1.29 is 14.6 Å². The van der Waals surface area contributed by atoms with Gasteiger partial charge in [-0.05, 0) is 54.9 Å². The van der Waals surface area contributed by atoms with Crippen LogP contribution < -0.4 is 15.0 Å². The Bertz CT molecular complexity index is 1200. The number of para-hydroxylation sites is 1. The largest absolute Gasteiger partial charge is 0.491 e. The van der Waals surface area contributed by atoms with Gasteiger partial charge in [0.1, 0.15) is 12.4 Å². The lowest BCUT2D eigenvalue weighted by Crippen LogP contribution is -2.62. The summed E-state index contributed by atoms with van der Waals surface area (Å²) in [6, 6.07) is 15.4. The molecule has 3 aromatic rings. The highest BCUT2D eigenvalue weighted by Gasteiger charge is 2.42.